The van der Waals surface area contributed by atoms with Crippen LogP contribution in [0.4, 0.5) is 0 Å². The predicted octanol–water partition coefficient (Wildman–Crippen LogP) is 0.846. The van der Waals surface area contributed by atoms with Gasteiger partial charge in [0.1, 0.15) is 5.84 Å². The van der Waals surface area contributed by atoms with Crippen molar-refractivity contribution in [2.45, 2.75) is 33.1 Å². The number of amides is 1. The topological polar surface area (TPSA) is 53.5 Å². The van der Waals surface area contributed by atoms with Gasteiger partial charge in [-0.15, -0.1) is 0 Å². The van der Waals surface area contributed by atoms with Crippen LogP contribution in [-0.2, 0) is 4.79 Å². The maximum Gasteiger partial charge on any atom is 0.222 e. The fourth-order valence-corrected chi connectivity index (χ4v) is 0.829. The van der Waals surface area contributed by atoms with Gasteiger partial charge in [0.15, 0.2) is 0 Å². The Labute approximate surface area is 73.4 Å². The monoisotopic (exact) mass is 171 g/mol. The van der Waals surface area contributed by atoms with Crippen molar-refractivity contribution in [2.24, 2.45) is 5.10 Å². The van der Waals surface area contributed by atoms with Crippen LogP contribution in [0.1, 0.15) is 33.1 Å². The third-order valence-electron chi connectivity index (χ3n) is 1.33. The van der Waals surface area contributed by atoms with Gasteiger partial charge in [0, 0.05) is 20.4 Å². The predicted molar refractivity (Wildman–Crippen MR) is 49.8 cm³/mol. The summed E-state index contributed by atoms with van der Waals surface area (Å²) in [5.41, 5.74) is 2.66. The van der Waals surface area contributed by atoms with Gasteiger partial charge in [-0.1, -0.05) is 13.3 Å². The first-order valence-corrected chi connectivity index (χ1v) is 4.21. The molecule has 0 atom stereocenters. The van der Waals surface area contributed by atoms with Gasteiger partial charge in [0.05, 0.1) is 0 Å². The van der Waals surface area contributed by atoms with Crippen LogP contribution in [0, 0.1) is 0 Å². The van der Waals surface area contributed by atoms with Crippen molar-refractivity contribution in [3.63, 3.8) is 0 Å². The van der Waals surface area contributed by atoms with Gasteiger partial charge < -0.3 is 10.7 Å². The first kappa shape index (κ1) is 10.9. The number of nitrogens with zero attached hydrogens (tertiary/aromatic N) is 1. The molecule has 0 aromatic rings. The molecule has 0 aromatic carbocycles. The highest BCUT2D eigenvalue weighted by Crippen LogP contribution is 1.94. The molecule has 2 N–H and O–H groups in total. The number of hydrazone groups is 1. The molecule has 0 heterocycles. The zero-order chi connectivity index (χ0) is 9.40. The number of rotatable bonds is 4. The minimum Gasteiger partial charge on any atom is -0.313 e. The number of nitrogens with one attached hydrogen (secondary N) is 2. The normalized spacial score (nSPS) is 11.1. The maximum atomic E-state index is 10.7. The quantitative estimate of drug-likeness (QED) is 0.374. The molecule has 0 aliphatic rings. The van der Waals surface area contributed by atoms with Crippen molar-refractivity contribution in [1.29, 1.82) is 0 Å². The third-order valence-corrected chi connectivity index (χ3v) is 1.33. The second-order valence-electron chi connectivity index (χ2n) is 2.57. The van der Waals surface area contributed by atoms with Crippen LogP contribution in [0.25, 0.3) is 0 Å². The number of amidine groups is 1. The van der Waals surface area contributed by atoms with Gasteiger partial charge in [-0.3, -0.25) is 4.79 Å². The lowest BCUT2D eigenvalue weighted by Gasteiger charge is -2.04. The lowest BCUT2D eigenvalue weighted by atomic mass is 10.2. The number of unbranched alkanes of at least 4 members (excludes halogenated alkanes) is 1. The molecule has 0 rings (SSSR count). The van der Waals surface area contributed by atoms with E-state index >= 15 is 0 Å². The van der Waals surface area contributed by atoms with E-state index in [9.17, 15) is 4.79 Å². The van der Waals surface area contributed by atoms with Crippen LogP contribution >= 0.6 is 0 Å². The molecule has 4 nitrogen and oxygen atoms in total. The lowest BCUT2D eigenvalue weighted by Crippen LogP contribution is -2.29. The van der Waals surface area contributed by atoms with Crippen LogP contribution in [0.5, 0.6) is 0 Å². The molecule has 0 saturated heterocycles. The molecule has 1 amide bonds. The van der Waals surface area contributed by atoms with E-state index in [0.717, 1.165) is 19.3 Å². The summed E-state index contributed by atoms with van der Waals surface area (Å²) in [5, 5.41) is 6.60. The van der Waals surface area contributed by atoms with Crippen molar-refractivity contribution in [1.82, 2.24) is 10.7 Å². The van der Waals surface area contributed by atoms with Gasteiger partial charge in [-0.2, -0.15) is 5.10 Å². The highest BCUT2D eigenvalue weighted by Gasteiger charge is 1.99. The van der Waals surface area contributed by atoms with E-state index in [4.69, 9.17) is 0 Å². The van der Waals surface area contributed by atoms with Crippen LogP contribution < -0.4 is 10.7 Å². The first-order chi connectivity index (χ1) is 5.70. The Kier molecular flexibility index (Phi) is 6.05. The largest absolute Gasteiger partial charge is 0.313 e. The molecular weight excluding hydrogens is 154 g/mol. The molecule has 4 heteroatoms. The molecule has 0 aromatic heterocycles. The number of carbonyl (C=O) groups excluding carboxylic acids is 1. The fraction of sp³-hybridized carbons (Fsp3) is 0.750. The Morgan fingerprint density at radius 1 is 1.50 bits per heavy atom. The highest BCUT2D eigenvalue weighted by atomic mass is 16.1. The van der Waals surface area contributed by atoms with Crippen molar-refractivity contribution in [2.75, 3.05) is 7.05 Å². The van der Waals surface area contributed by atoms with Crippen molar-refractivity contribution in [3.05, 3.63) is 0 Å². The molecule has 0 spiro atoms. The average Bonchev–Trinajstić information content (AvgIpc) is 2.00. The van der Waals surface area contributed by atoms with Crippen LogP contribution in [-0.4, -0.2) is 18.8 Å². The molecule has 0 aliphatic heterocycles. The zero-order valence-electron chi connectivity index (χ0n) is 7.98. The molecule has 0 radical (unpaired) electrons. The standard InChI is InChI=1S/C8H17N3O/c1-4-5-6-8(11-9-3)10-7(2)12/h9H,4-6H2,1-3H3,(H,10,11,12). The van der Waals surface area contributed by atoms with E-state index in [0.29, 0.717) is 5.84 Å². The lowest BCUT2D eigenvalue weighted by molar-refractivity contribution is -0.117. The summed E-state index contributed by atoms with van der Waals surface area (Å²) < 4.78 is 0. The second kappa shape index (κ2) is 6.64. The first-order valence-electron chi connectivity index (χ1n) is 4.21. The summed E-state index contributed by atoms with van der Waals surface area (Å²) in [5.74, 6) is 0.645. The molecule has 0 saturated carbocycles. The summed E-state index contributed by atoms with van der Waals surface area (Å²) in [6.07, 6.45) is 2.96. The molecule has 0 aliphatic carbocycles. The Hall–Kier alpha value is -1.06. The van der Waals surface area contributed by atoms with Crippen LogP contribution in [0.3, 0.4) is 0 Å². The average molecular weight is 171 g/mol. The molecule has 12 heavy (non-hydrogen) atoms. The van der Waals surface area contributed by atoms with Crippen molar-refractivity contribution >= 4 is 11.7 Å². The Morgan fingerprint density at radius 2 is 2.17 bits per heavy atom. The van der Waals surface area contributed by atoms with E-state index in [-0.39, 0.29) is 5.91 Å². The van der Waals surface area contributed by atoms with E-state index in [1.54, 1.807) is 7.05 Å². The summed E-state index contributed by atoms with van der Waals surface area (Å²) in [7, 11) is 1.72. The van der Waals surface area contributed by atoms with Gasteiger partial charge in [0.2, 0.25) is 5.91 Å². The smallest absolute Gasteiger partial charge is 0.222 e. The molecule has 0 bridgehead atoms. The summed E-state index contributed by atoms with van der Waals surface area (Å²) in [6, 6.07) is 0. The number of carbonyl (C=O) groups is 1. The maximum absolute atomic E-state index is 10.7. The number of hydrogen-bond acceptors (Lipinski definition) is 3. The van der Waals surface area contributed by atoms with Gasteiger partial charge in [-0.25, -0.2) is 0 Å². The Balaban J connectivity index is 3.87. The van der Waals surface area contributed by atoms with E-state index < -0.39 is 0 Å². The highest BCUT2D eigenvalue weighted by molar-refractivity contribution is 5.96. The zero-order valence-corrected chi connectivity index (χ0v) is 7.98. The summed E-state index contributed by atoms with van der Waals surface area (Å²) in [4.78, 5) is 10.7. The Bertz CT molecular complexity index is 166. The minimum atomic E-state index is -0.0693. The minimum absolute atomic E-state index is 0.0693. The second-order valence-corrected chi connectivity index (χ2v) is 2.57. The van der Waals surface area contributed by atoms with Gasteiger partial charge in [0.25, 0.3) is 0 Å². The molecule has 0 fully saturated rings. The fourth-order valence-electron chi connectivity index (χ4n) is 0.829. The van der Waals surface area contributed by atoms with Crippen molar-refractivity contribution < 1.29 is 4.79 Å². The van der Waals surface area contributed by atoms with Gasteiger partial charge in [-0.05, 0) is 6.42 Å². The van der Waals surface area contributed by atoms with E-state index in [1.807, 2.05) is 0 Å². The summed E-state index contributed by atoms with van der Waals surface area (Å²) in [6.45, 7) is 3.59. The summed E-state index contributed by atoms with van der Waals surface area (Å²) >= 11 is 0. The van der Waals surface area contributed by atoms with Crippen LogP contribution in [0.15, 0.2) is 5.10 Å². The third kappa shape index (κ3) is 5.70. The van der Waals surface area contributed by atoms with Gasteiger partial charge >= 0.3 is 0 Å². The Morgan fingerprint density at radius 3 is 2.58 bits per heavy atom. The SMILES string of the molecule is CCCCC(=NNC)NC(C)=O. The molecule has 70 valence electrons. The molecular formula is C8H17N3O. The van der Waals surface area contributed by atoms with Crippen molar-refractivity contribution in [3.8, 4) is 0 Å². The van der Waals surface area contributed by atoms with E-state index in [1.165, 1.54) is 6.92 Å². The van der Waals surface area contributed by atoms with Crippen LogP contribution in [0.2, 0.25) is 0 Å². The van der Waals surface area contributed by atoms with E-state index in [2.05, 4.69) is 22.8 Å². The molecule has 0 unspecified atom stereocenters. The number of hydrogen-bond donors (Lipinski definition) is 2.